The summed E-state index contributed by atoms with van der Waals surface area (Å²) in [6.07, 6.45) is -7.40. The van der Waals surface area contributed by atoms with E-state index in [9.17, 15) is 43.5 Å². The smallest absolute Gasteiger partial charge is 0.326 e. The van der Waals surface area contributed by atoms with Crippen molar-refractivity contribution < 1.29 is 67.1 Å². The summed E-state index contributed by atoms with van der Waals surface area (Å²) in [6.45, 7) is 9.03. The fourth-order valence-electron chi connectivity index (χ4n) is 4.75. The monoisotopic (exact) mass is 717 g/mol. The SMILES string of the molecule is CCC(=O)OC[C@H]1O[C@H](OC(=O)CC)[C@H](NC(C)=O)[C@@H](OC(C)CN(C(=O)CC[C@@H](NC(=O)[C@H](C)N)C(N)=O)[C@@H](C)C(=O)O)[C@@H]1OC(=O)CC. The molecule has 0 aromatic heterocycles. The lowest BCUT2D eigenvalue weighted by Crippen LogP contribution is -2.67. The van der Waals surface area contributed by atoms with Crippen LogP contribution in [0, 0.1) is 0 Å². The molecule has 0 aromatic rings. The number of amides is 4. The molecule has 0 bridgehead atoms. The molecule has 1 fully saturated rings. The van der Waals surface area contributed by atoms with Gasteiger partial charge in [-0.15, -0.1) is 0 Å². The Morgan fingerprint density at radius 1 is 0.900 bits per heavy atom. The van der Waals surface area contributed by atoms with Gasteiger partial charge in [-0.3, -0.25) is 33.6 Å². The largest absolute Gasteiger partial charge is 0.480 e. The number of hydrogen-bond donors (Lipinski definition) is 5. The third-order valence-corrected chi connectivity index (χ3v) is 7.51. The van der Waals surface area contributed by atoms with E-state index in [1.54, 1.807) is 6.92 Å². The number of carboxylic acid groups (broad SMARTS) is 1. The van der Waals surface area contributed by atoms with Crippen LogP contribution in [0.5, 0.6) is 0 Å². The van der Waals surface area contributed by atoms with Crippen LogP contribution in [0.25, 0.3) is 0 Å². The molecule has 4 amide bonds. The second-order valence-corrected chi connectivity index (χ2v) is 11.7. The highest BCUT2D eigenvalue weighted by Crippen LogP contribution is 2.29. The summed E-state index contributed by atoms with van der Waals surface area (Å²) >= 11 is 0. The van der Waals surface area contributed by atoms with Crippen molar-refractivity contribution in [2.75, 3.05) is 13.2 Å². The molecule has 1 aliphatic rings. The van der Waals surface area contributed by atoms with Crippen LogP contribution < -0.4 is 22.1 Å². The van der Waals surface area contributed by atoms with E-state index in [0.29, 0.717) is 0 Å². The lowest BCUT2D eigenvalue weighted by atomic mass is 9.95. The van der Waals surface area contributed by atoms with E-state index in [0.717, 1.165) is 4.90 Å². The first kappa shape index (κ1) is 43.7. The minimum absolute atomic E-state index is 0.0101. The number of carbonyl (C=O) groups is 8. The molecule has 1 aliphatic heterocycles. The maximum Gasteiger partial charge on any atom is 0.326 e. The van der Waals surface area contributed by atoms with E-state index in [2.05, 4.69) is 10.6 Å². The summed E-state index contributed by atoms with van der Waals surface area (Å²) in [7, 11) is 0. The average Bonchev–Trinajstić information content (AvgIpc) is 3.05. The normalized spacial score (nSPS) is 22.4. The number of nitrogens with zero attached hydrogens (tertiary/aromatic N) is 1. The molecule has 7 N–H and O–H groups in total. The fourth-order valence-corrected chi connectivity index (χ4v) is 4.75. The van der Waals surface area contributed by atoms with Gasteiger partial charge in [0.05, 0.1) is 12.1 Å². The summed E-state index contributed by atoms with van der Waals surface area (Å²) in [5.74, 6) is -6.39. The molecular formula is C31H51N5O14. The zero-order valence-electron chi connectivity index (χ0n) is 29.5. The van der Waals surface area contributed by atoms with Crippen molar-refractivity contribution in [3.8, 4) is 0 Å². The molecule has 19 nitrogen and oxygen atoms in total. The Kier molecular flexibility index (Phi) is 18.3. The van der Waals surface area contributed by atoms with Crippen molar-refractivity contribution in [2.24, 2.45) is 11.5 Å². The van der Waals surface area contributed by atoms with Crippen LogP contribution >= 0.6 is 0 Å². The van der Waals surface area contributed by atoms with Crippen molar-refractivity contribution in [3.05, 3.63) is 0 Å². The fraction of sp³-hybridized carbons (Fsp3) is 0.742. The van der Waals surface area contributed by atoms with E-state index < -0.39 is 115 Å². The van der Waals surface area contributed by atoms with Gasteiger partial charge in [0.2, 0.25) is 29.9 Å². The van der Waals surface area contributed by atoms with Crippen molar-refractivity contribution in [1.29, 1.82) is 0 Å². The zero-order valence-corrected chi connectivity index (χ0v) is 29.5. The third kappa shape index (κ3) is 13.9. The molecule has 0 aromatic carbocycles. The van der Waals surface area contributed by atoms with Gasteiger partial charge in [0.25, 0.3) is 0 Å². The molecule has 1 rings (SSSR count). The molecule has 1 heterocycles. The molecule has 0 spiro atoms. The van der Waals surface area contributed by atoms with E-state index in [4.69, 9.17) is 35.2 Å². The molecule has 0 saturated carbocycles. The number of rotatable bonds is 20. The summed E-state index contributed by atoms with van der Waals surface area (Å²) in [6, 6.07) is -4.95. The number of nitrogens with two attached hydrogens (primary N) is 2. The zero-order chi connectivity index (χ0) is 38.3. The summed E-state index contributed by atoms with van der Waals surface area (Å²) < 4.78 is 28.6. The van der Waals surface area contributed by atoms with E-state index in [1.165, 1.54) is 41.5 Å². The van der Waals surface area contributed by atoms with Gasteiger partial charge in [0.1, 0.15) is 36.9 Å². The van der Waals surface area contributed by atoms with Crippen LogP contribution in [0.1, 0.15) is 80.6 Å². The highest BCUT2D eigenvalue weighted by molar-refractivity contribution is 5.89. The van der Waals surface area contributed by atoms with Crippen LogP contribution in [0.4, 0.5) is 0 Å². The lowest BCUT2D eigenvalue weighted by Gasteiger charge is -2.46. The van der Waals surface area contributed by atoms with E-state index in [-0.39, 0.29) is 32.2 Å². The summed E-state index contributed by atoms with van der Waals surface area (Å²) in [5.41, 5.74) is 10.9. The Morgan fingerprint density at radius 3 is 1.98 bits per heavy atom. The molecule has 1 unspecified atom stereocenters. The molecule has 19 heteroatoms. The summed E-state index contributed by atoms with van der Waals surface area (Å²) in [4.78, 5) is 99.8. The standard InChI is InChI=1S/C31H51N5O14/c1-8-22(39)46-14-20-26(49-23(40)9-2)27(25(34-18(7)37)31(48-20)50-24(41)10-3)47-15(4)13-36(17(6)30(44)45)21(38)12-11-19(28(33)42)35-29(43)16(5)32/h15-17,19-20,25-27,31H,8-14,32H2,1-7H3,(H2,33,42)(H,34,37)(H,35,43)(H,44,45)/t15?,16-,17-,19+,20+,25+,26+,27+,31+/m0/s1. The van der Waals surface area contributed by atoms with Crippen LogP contribution in [0.3, 0.4) is 0 Å². The van der Waals surface area contributed by atoms with Crippen LogP contribution in [0.2, 0.25) is 0 Å². The molecule has 9 atom stereocenters. The molecule has 1 saturated heterocycles. The third-order valence-electron chi connectivity index (χ3n) is 7.51. The van der Waals surface area contributed by atoms with Crippen molar-refractivity contribution in [2.45, 2.75) is 135 Å². The minimum Gasteiger partial charge on any atom is -0.480 e. The van der Waals surface area contributed by atoms with Gasteiger partial charge >= 0.3 is 23.9 Å². The number of ether oxygens (including phenoxy) is 5. The van der Waals surface area contributed by atoms with Crippen molar-refractivity contribution in [1.82, 2.24) is 15.5 Å². The Morgan fingerprint density at radius 2 is 1.48 bits per heavy atom. The van der Waals surface area contributed by atoms with Crippen molar-refractivity contribution >= 4 is 47.5 Å². The molecule has 284 valence electrons. The Balaban J connectivity index is 3.51. The second-order valence-electron chi connectivity index (χ2n) is 11.7. The number of carboxylic acids is 1. The first-order chi connectivity index (χ1) is 23.4. The van der Waals surface area contributed by atoms with Gasteiger partial charge < -0.3 is 55.8 Å². The van der Waals surface area contributed by atoms with Crippen LogP contribution in [-0.4, -0.2) is 126 Å². The summed E-state index contributed by atoms with van der Waals surface area (Å²) in [5, 5.41) is 14.7. The molecular weight excluding hydrogens is 666 g/mol. The number of nitrogens with one attached hydrogen (secondary N) is 2. The number of hydrogen-bond acceptors (Lipinski definition) is 14. The quantitative estimate of drug-likeness (QED) is 0.0716. The number of carbonyl (C=O) groups excluding carboxylic acids is 7. The van der Waals surface area contributed by atoms with Gasteiger partial charge in [-0.05, 0) is 27.2 Å². The van der Waals surface area contributed by atoms with E-state index >= 15 is 0 Å². The van der Waals surface area contributed by atoms with Gasteiger partial charge in [-0.1, -0.05) is 20.8 Å². The average molecular weight is 718 g/mol. The van der Waals surface area contributed by atoms with Gasteiger partial charge in [-0.25, -0.2) is 4.79 Å². The molecule has 0 aliphatic carbocycles. The molecule has 50 heavy (non-hydrogen) atoms. The van der Waals surface area contributed by atoms with Crippen molar-refractivity contribution in [3.63, 3.8) is 0 Å². The Hall–Kier alpha value is -4.36. The number of esters is 3. The van der Waals surface area contributed by atoms with Crippen LogP contribution in [0.15, 0.2) is 0 Å². The predicted molar refractivity (Wildman–Crippen MR) is 171 cm³/mol. The Labute approximate surface area is 290 Å². The maximum absolute atomic E-state index is 13.4. The minimum atomic E-state index is -1.52. The second kappa shape index (κ2) is 21.0. The predicted octanol–water partition coefficient (Wildman–Crippen LogP) is -1.38. The first-order valence-electron chi connectivity index (χ1n) is 16.4. The lowest BCUT2D eigenvalue weighted by molar-refractivity contribution is -0.280. The Bertz CT molecular complexity index is 1230. The molecule has 0 radical (unpaired) electrons. The number of aliphatic carboxylic acids is 1. The van der Waals surface area contributed by atoms with Crippen LogP contribution in [-0.2, 0) is 62.0 Å². The first-order valence-corrected chi connectivity index (χ1v) is 16.4. The highest BCUT2D eigenvalue weighted by atomic mass is 16.7. The number of primary amides is 1. The topological polar surface area (TPSA) is 282 Å². The van der Waals surface area contributed by atoms with E-state index in [1.807, 2.05) is 0 Å². The maximum atomic E-state index is 13.4. The van der Waals surface area contributed by atoms with Gasteiger partial charge in [0, 0.05) is 39.2 Å². The van der Waals surface area contributed by atoms with Gasteiger partial charge in [0.15, 0.2) is 6.10 Å². The highest BCUT2D eigenvalue weighted by Gasteiger charge is 2.52. The van der Waals surface area contributed by atoms with Gasteiger partial charge in [-0.2, -0.15) is 0 Å².